The second kappa shape index (κ2) is 4.15. The summed E-state index contributed by atoms with van der Waals surface area (Å²) < 4.78 is 0. The third-order valence-corrected chi connectivity index (χ3v) is 5.60. The molecule has 0 aromatic heterocycles. The first-order chi connectivity index (χ1) is 9.66. The average Bonchev–Trinajstić information content (AvgIpc) is 2.39. The minimum Gasteiger partial charge on any atom is -0.399 e. The highest BCUT2D eigenvalue weighted by molar-refractivity contribution is 5.64. The number of nitrogens with two attached hydrogens (primary N) is 1. The third-order valence-electron chi connectivity index (χ3n) is 5.60. The van der Waals surface area contributed by atoms with Crippen molar-refractivity contribution in [1.29, 1.82) is 5.26 Å². The van der Waals surface area contributed by atoms with Gasteiger partial charge < -0.3 is 11.1 Å². The van der Waals surface area contributed by atoms with Gasteiger partial charge in [-0.25, -0.2) is 0 Å². The summed E-state index contributed by atoms with van der Waals surface area (Å²) >= 11 is 0. The molecule has 0 aliphatic heterocycles. The molecule has 4 aliphatic carbocycles. The molecule has 0 heterocycles. The monoisotopic (exact) mass is 267 g/mol. The Balaban J connectivity index is 1.65. The van der Waals surface area contributed by atoms with Crippen LogP contribution in [0.15, 0.2) is 18.2 Å². The minimum absolute atomic E-state index is 0.246. The fourth-order valence-electron chi connectivity index (χ4n) is 5.31. The van der Waals surface area contributed by atoms with Crippen molar-refractivity contribution in [3.05, 3.63) is 23.8 Å². The van der Waals surface area contributed by atoms with Gasteiger partial charge in [-0.15, -0.1) is 0 Å². The maximum Gasteiger partial charge on any atom is 0.101 e. The lowest BCUT2D eigenvalue weighted by atomic mass is 9.53. The second-order valence-electron chi connectivity index (χ2n) is 7.24. The second-order valence-corrected chi connectivity index (χ2v) is 7.24. The lowest BCUT2D eigenvalue weighted by Gasteiger charge is -2.57. The van der Waals surface area contributed by atoms with E-state index in [1.807, 2.05) is 12.1 Å². The molecule has 1 aromatic rings. The minimum atomic E-state index is 0.246. The van der Waals surface area contributed by atoms with Crippen molar-refractivity contribution in [2.24, 2.45) is 17.8 Å². The molecule has 3 heteroatoms. The van der Waals surface area contributed by atoms with E-state index in [1.54, 1.807) is 6.07 Å². The highest BCUT2D eigenvalue weighted by Gasteiger charge is 2.50. The van der Waals surface area contributed by atoms with Gasteiger partial charge in [0.25, 0.3) is 0 Å². The lowest BCUT2D eigenvalue weighted by Crippen LogP contribution is -2.54. The summed E-state index contributed by atoms with van der Waals surface area (Å²) in [4.78, 5) is 0. The van der Waals surface area contributed by atoms with Crippen LogP contribution in [0.25, 0.3) is 0 Å². The van der Waals surface area contributed by atoms with Crippen molar-refractivity contribution < 1.29 is 0 Å². The van der Waals surface area contributed by atoms with Crippen LogP contribution in [0.4, 0.5) is 11.4 Å². The Morgan fingerprint density at radius 2 is 1.70 bits per heavy atom. The van der Waals surface area contributed by atoms with Crippen LogP contribution in [-0.2, 0) is 0 Å². The summed E-state index contributed by atoms with van der Waals surface area (Å²) in [6, 6.07) is 7.93. The molecule has 0 amide bonds. The Kier molecular flexibility index (Phi) is 2.51. The van der Waals surface area contributed by atoms with Crippen LogP contribution in [0.3, 0.4) is 0 Å². The smallest absolute Gasteiger partial charge is 0.101 e. The summed E-state index contributed by atoms with van der Waals surface area (Å²) in [5.74, 6) is 2.73. The highest BCUT2D eigenvalue weighted by atomic mass is 15.0. The molecular formula is C17H21N3. The Hall–Kier alpha value is -1.69. The molecule has 5 rings (SSSR count). The van der Waals surface area contributed by atoms with Gasteiger partial charge in [0.05, 0.1) is 11.3 Å². The maximum atomic E-state index is 9.31. The predicted molar refractivity (Wildman–Crippen MR) is 80.1 cm³/mol. The van der Waals surface area contributed by atoms with Gasteiger partial charge in [-0.05, 0) is 74.5 Å². The molecule has 3 nitrogen and oxygen atoms in total. The number of nitrogens with zero attached hydrogens (tertiary/aromatic N) is 1. The van der Waals surface area contributed by atoms with Crippen molar-refractivity contribution in [3.8, 4) is 6.07 Å². The maximum absolute atomic E-state index is 9.31. The van der Waals surface area contributed by atoms with Gasteiger partial charge in [-0.2, -0.15) is 5.26 Å². The van der Waals surface area contributed by atoms with E-state index in [4.69, 9.17) is 5.73 Å². The number of nitrogens with one attached hydrogen (secondary N) is 1. The normalized spacial score (nSPS) is 37.6. The number of hydrogen-bond acceptors (Lipinski definition) is 3. The van der Waals surface area contributed by atoms with Crippen LogP contribution in [-0.4, -0.2) is 5.54 Å². The Morgan fingerprint density at radius 3 is 2.25 bits per heavy atom. The molecular weight excluding hydrogens is 246 g/mol. The fraction of sp³-hybridized carbons (Fsp3) is 0.588. The highest BCUT2D eigenvalue weighted by Crippen LogP contribution is 2.56. The molecule has 0 radical (unpaired) electrons. The Labute approximate surface area is 120 Å². The van der Waals surface area contributed by atoms with Crippen LogP contribution < -0.4 is 11.1 Å². The average molecular weight is 267 g/mol. The van der Waals surface area contributed by atoms with Crippen molar-refractivity contribution in [1.82, 2.24) is 0 Å². The summed E-state index contributed by atoms with van der Waals surface area (Å²) in [7, 11) is 0. The van der Waals surface area contributed by atoms with Crippen molar-refractivity contribution >= 4 is 11.4 Å². The summed E-state index contributed by atoms with van der Waals surface area (Å²) in [6.45, 7) is 0. The third kappa shape index (κ3) is 1.86. The van der Waals surface area contributed by atoms with E-state index in [0.29, 0.717) is 11.3 Å². The summed E-state index contributed by atoms with van der Waals surface area (Å²) in [6.07, 6.45) is 8.17. The molecule has 4 fully saturated rings. The summed E-state index contributed by atoms with van der Waals surface area (Å²) in [5, 5.41) is 13.1. The van der Waals surface area contributed by atoms with E-state index in [1.165, 1.54) is 38.5 Å². The topological polar surface area (TPSA) is 61.8 Å². The van der Waals surface area contributed by atoms with Crippen LogP contribution in [0, 0.1) is 29.1 Å². The quantitative estimate of drug-likeness (QED) is 0.806. The van der Waals surface area contributed by atoms with Gasteiger partial charge in [-0.3, -0.25) is 0 Å². The van der Waals surface area contributed by atoms with Gasteiger partial charge in [0.2, 0.25) is 0 Å². The number of hydrogen-bond donors (Lipinski definition) is 2. The number of rotatable bonds is 2. The predicted octanol–water partition coefficient (Wildman–Crippen LogP) is 3.52. The molecule has 1 aromatic carbocycles. The fourth-order valence-corrected chi connectivity index (χ4v) is 5.31. The largest absolute Gasteiger partial charge is 0.399 e. The van der Waals surface area contributed by atoms with Gasteiger partial charge >= 0.3 is 0 Å². The molecule has 4 bridgehead atoms. The van der Waals surface area contributed by atoms with E-state index in [0.717, 1.165) is 23.4 Å². The Bertz CT molecular complexity index is 549. The number of benzene rings is 1. The number of anilines is 2. The molecule has 4 aliphatic rings. The van der Waals surface area contributed by atoms with Crippen LogP contribution in [0.5, 0.6) is 0 Å². The van der Waals surface area contributed by atoms with Gasteiger partial charge in [-0.1, -0.05) is 0 Å². The zero-order valence-corrected chi connectivity index (χ0v) is 11.7. The van der Waals surface area contributed by atoms with E-state index < -0.39 is 0 Å². The van der Waals surface area contributed by atoms with Gasteiger partial charge in [0.15, 0.2) is 0 Å². The molecule has 4 saturated carbocycles. The summed E-state index contributed by atoms with van der Waals surface area (Å²) in [5.41, 5.74) is 8.35. The first-order valence-corrected chi connectivity index (χ1v) is 7.74. The van der Waals surface area contributed by atoms with Crippen molar-refractivity contribution in [2.45, 2.75) is 44.1 Å². The molecule has 0 unspecified atom stereocenters. The first-order valence-electron chi connectivity index (χ1n) is 7.74. The van der Waals surface area contributed by atoms with E-state index >= 15 is 0 Å². The van der Waals surface area contributed by atoms with Crippen LogP contribution >= 0.6 is 0 Å². The number of nitrogen functional groups attached to an aromatic ring is 1. The molecule has 0 spiro atoms. The zero-order chi connectivity index (χ0) is 13.7. The molecule has 3 N–H and O–H groups in total. The first kappa shape index (κ1) is 12.1. The van der Waals surface area contributed by atoms with E-state index in [2.05, 4.69) is 11.4 Å². The van der Waals surface area contributed by atoms with E-state index in [-0.39, 0.29) is 5.54 Å². The molecule has 0 atom stereocenters. The van der Waals surface area contributed by atoms with Gasteiger partial charge in [0.1, 0.15) is 6.07 Å². The van der Waals surface area contributed by atoms with Crippen molar-refractivity contribution in [3.63, 3.8) is 0 Å². The van der Waals surface area contributed by atoms with Gasteiger partial charge in [0, 0.05) is 11.2 Å². The SMILES string of the molecule is N#Cc1cc(N)ccc1NC12CC3CC(CC(C3)C1)C2. The molecule has 0 saturated heterocycles. The Morgan fingerprint density at radius 1 is 1.10 bits per heavy atom. The zero-order valence-electron chi connectivity index (χ0n) is 11.7. The standard InChI is InChI=1S/C17H21N3/c18-10-14-6-15(19)1-2-16(14)20-17-7-11-3-12(8-17)5-13(4-11)9-17/h1-2,6,11-13,20H,3-5,7-9,19H2. The lowest BCUT2D eigenvalue weighted by molar-refractivity contribution is 0.0107. The van der Waals surface area contributed by atoms with Crippen LogP contribution in [0.1, 0.15) is 44.1 Å². The number of nitriles is 1. The van der Waals surface area contributed by atoms with Crippen LogP contribution in [0.2, 0.25) is 0 Å². The molecule has 20 heavy (non-hydrogen) atoms. The van der Waals surface area contributed by atoms with E-state index in [9.17, 15) is 5.26 Å². The molecule has 104 valence electrons. The van der Waals surface area contributed by atoms with Crippen molar-refractivity contribution in [2.75, 3.05) is 11.1 Å².